The summed E-state index contributed by atoms with van der Waals surface area (Å²) >= 11 is 1.07. The molecule has 0 aliphatic carbocycles. The zero-order valence-corrected chi connectivity index (χ0v) is 10.4. The molecule has 0 amide bonds. The predicted octanol–water partition coefficient (Wildman–Crippen LogP) is 1.92. The smallest absolute Gasteiger partial charge is 0.357 e. The summed E-state index contributed by atoms with van der Waals surface area (Å²) < 4.78 is 34.9. The summed E-state index contributed by atoms with van der Waals surface area (Å²) in [6.45, 7) is 0. The van der Waals surface area contributed by atoms with E-state index in [9.17, 15) is 18.0 Å². The highest BCUT2D eigenvalue weighted by molar-refractivity contribution is 14.1. The standard InChI is InChI=1S/C10H8F3IO3/c11-10(12,13)9(16,17)8(14)7(15)6-4-2-1-3-5-6/h1-5,8,16-17H. The Labute approximate surface area is 108 Å². The molecular weight excluding hydrogens is 352 g/mol. The van der Waals surface area contributed by atoms with Gasteiger partial charge in [-0.25, -0.2) is 0 Å². The van der Waals surface area contributed by atoms with Gasteiger partial charge in [0.1, 0.15) is 3.92 Å². The highest BCUT2D eigenvalue weighted by atomic mass is 127. The molecule has 0 spiro atoms. The number of ketones is 1. The monoisotopic (exact) mass is 360 g/mol. The normalized spacial score (nSPS) is 14.5. The Bertz CT molecular complexity index is 403. The van der Waals surface area contributed by atoms with Gasteiger partial charge >= 0.3 is 6.18 Å². The lowest BCUT2D eigenvalue weighted by Crippen LogP contribution is -2.54. The van der Waals surface area contributed by atoms with Crippen LogP contribution in [0.5, 0.6) is 0 Å². The van der Waals surface area contributed by atoms with Crippen molar-refractivity contribution in [3.8, 4) is 0 Å². The third kappa shape index (κ3) is 2.96. The van der Waals surface area contributed by atoms with Gasteiger partial charge in [0.15, 0.2) is 5.78 Å². The van der Waals surface area contributed by atoms with Crippen molar-refractivity contribution in [2.75, 3.05) is 0 Å². The predicted molar refractivity (Wildman–Crippen MR) is 61.8 cm³/mol. The van der Waals surface area contributed by atoms with Crippen molar-refractivity contribution in [3.05, 3.63) is 35.9 Å². The van der Waals surface area contributed by atoms with Crippen LogP contribution in [0.3, 0.4) is 0 Å². The Morgan fingerprint density at radius 2 is 1.65 bits per heavy atom. The molecule has 0 fully saturated rings. The van der Waals surface area contributed by atoms with E-state index < -0.39 is 21.7 Å². The van der Waals surface area contributed by atoms with E-state index in [-0.39, 0.29) is 5.56 Å². The molecule has 1 atom stereocenters. The summed E-state index contributed by atoms with van der Waals surface area (Å²) in [6.07, 6.45) is -5.29. The molecule has 0 radical (unpaired) electrons. The Hall–Kier alpha value is -0.670. The summed E-state index contributed by atoms with van der Waals surface area (Å²) in [7, 11) is 0. The van der Waals surface area contributed by atoms with Crippen LogP contribution in [0.2, 0.25) is 0 Å². The molecule has 0 saturated carbocycles. The van der Waals surface area contributed by atoms with Crippen molar-refractivity contribution in [1.29, 1.82) is 0 Å². The van der Waals surface area contributed by atoms with Crippen LogP contribution in [0.25, 0.3) is 0 Å². The van der Waals surface area contributed by atoms with Gasteiger partial charge in [0.25, 0.3) is 5.79 Å². The van der Waals surface area contributed by atoms with E-state index in [1.807, 2.05) is 0 Å². The number of benzene rings is 1. The zero-order valence-electron chi connectivity index (χ0n) is 8.28. The lowest BCUT2D eigenvalue weighted by molar-refractivity contribution is -0.341. The summed E-state index contributed by atoms with van der Waals surface area (Å²) in [5.74, 6) is -5.03. The molecule has 2 N–H and O–H groups in total. The second-order valence-electron chi connectivity index (χ2n) is 3.32. The number of hydrogen-bond donors (Lipinski definition) is 2. The Kier molecular flexibility index (Phi) is 4.15. The summed E-state index contributed by atoms with van der Waals surface area (Å²) in [5.41, 5.74) is -0.0105. The third-order valence-electron chi connectivity index (χ3n) is 2.06. The second-order valence-corrected chi connectivity index (χ2v) is 4.56. The van der Waals surface area contributed by atoms with Crippen molar-refractivity contribution in [3.63, 3.8) is 0 Å². The number of aliphatic hydroxyl groups is 2. The first kappa shape index (κ1) is 14.4. The van der Waals surface area contributed by atoms with Crippen molar-refractivity contribution < 1.29 is 28.2 Å². The first-order chi connectivity index (χ1) is 7.68. The SMILES string of the molecule is O=C(c1ccccc1)C(I)C(O)(O)C(F)(F)F. The van der Waals surface area contributed by atoms with Crippen LogP contribution < -0.4 is 0 Å². The van der Waals surface area contributed by atoms with Crippen molar-refractivity contribution in [1.82, 2.24) is 0 Å². The topological polar surface area (TPSA) is 57.5 Å². The molecule has 0 heterocycles. The molecule has 0 aromatic heterocycles. The van der Waals surface area contributed by atoms with Gasteiger partial charge < -0.3 is 10.2 Å². The Morgan fingerprint density at radius 3 is 2.06 bits per heavy atom. The van der Waals surface area contributed by atoms with E-state index >= 15 is 0 Å². The largest absolute Gasteiger partial charge is 0.444 e. The van der Waals surface area contributed by atoms with E-state index in [1.165, 1.54) is 24.3 Å². The summed E-state index contributed by atoms with van der Waals surface area (Å²) in [5, 5.41) is 17.9. The van der Waals surface area contributed by atoms with Crippen molar-refractivity contribution >= 4 is 28.4 Å². The molecule has 1 unspecified atom stereocenters. The summed E-state index contributed by atoms with van der Waals surface area (Å²) in [4.78, 5) is 11.6. The van der Waals surface area contributed by atoms with Gasteiger partial charge in [0.2, 0.25) is 0 Å². The molecule has 1 aromatic rings. The fourth-order valence-electron chi connectivity index (χ4n) is 1.08. The van der Waals surface area contributed by atoms with Crippen LogP contribution in [0, 0.1) is 0 Å². The molecule has 1 aromatic carbocycles. The van der Waals surface area contributed by atoms with E-state index in [2.05, 4.69) is 0 Å². The number of carbonyl (C=O) groups excluding carboxylic acids is 1. The molecule has 0 bridgehead atoms. The van der Waals surface area contributed by atoms with E-state index in [0.717, 1.165) is 22.6 Å². The highest BCUT2D eigenvalue weighted by Gasteiger charge is 2.59. The molecule has 94 valence electrons. The Balaban J connectivity index is 2.99. The number of carbonyl (C=O) groups is 1. The van der Waals surface area contributed by atoms with Crippen LogP contribution >= 0.6 is 22.6 Å². The number of alkyl halides is 4. The fraction of sp³-hybridized carbons (Fsp3) is 0.300. The lowest BCUT2D eigenvalue weighted by atomic mass is 10.0. The van der Waals surface area contributed by atoms with Crippen LogP contribution in [-0.2, 0) is 0 Å². The number of hydrogen-bond acceptors (Lipinski definition) is 3. The number of Topliss-reactive ketones (excluding diaryl/α,β-unsaturated/α-hetero) is 1. The van der Waals surface area contributed by atoms with Gasteiger partial charge in [-0.15, -0.1) is 0 Å². The first-order valence-corrected chi connectivity index (χ1v) is 5.67. The minimum atomic E-state index is -5.29. The molecule has 3 nitrogen and oxygen atoms in total. The second kappa shape index (κ2) is 4.91. The molecule has 1 rings (SSSR count). The molecule has 0 saturated heterocycles. The van der Waals surface area contributed by atoms with Gasteiger partial charge in [-0.2, -0.15) is 13.2 Å². The van der Waals surface area contributed by atoms with Gasteiger partial charge in [-0.3, -0.25) is 4.79 Å². The van der Waals surface area contributed by atoms with Crippen LogP contribution in [0.15, 0.2) is 30.3 Å². The number of rotatable bonds is 3. The van der Waals surface area contributed by atoms with Crippen molar-refractivity contribution in [2.24, 2.45) is 0 Å². The maximum Gasteiger partial charge on any atom is 0.444 e. The van der Waals surface area contributed by atoms with Gasteiger partial charge in [-0.1, -0.05) is 52.9 Å². The van der Waals surface area contributed by atoms with Crippen LogP contribution in [-0.4, -0.2) is 31.9 Å². The highest BCUT2D eigenvalue weighted by Crippen LogP contribution is 2.35. The van der Waals surface area contributed by atoms with Gasteiger partial charge in [0.05, 0.1) is 0 Å². The first-order valence-electron chi connectivity index (χ1n) is 4.42. The minimum absolute atomic E-state index is 0.0105. The molecular formula is C10H8F3IO3. The molecule has 0 aliphatic rings. The fourth-order valence-corrected chi connectivity index (χ4v) is 1.79. The van der Waals surface area contributed by atoms with E-state index in [4.69, 9.17) is 10.2 Å². The van der Waals surface area contributed by atoms with Crippen molar-refractivity contribution in [2.45, 2.75) is 15.9 Å². The van der Waals surface area contributed by atoms with Gasteiger partial charge in [-0.05, 0) is 0 Å². The molecule has 0 aliphatic heterocycles. The zero-order chi connectivity index (χ0) is 13.3. The lowest BCUT2D eigenvalue weighted by Gasteiger charge is -2.28. The average molecular weight is 360 g/mol. The van der Waals surface area contributed by atoms with Crippen LogP contribution in [0.1, 0.15) is 10.4 Å². The van der Waals surface area contributed by atoms with E-state index in [1.54, 1.807) is 6.07 Å². The maximum atomic E-state index is 12.3. The third-order valence-corrected chi connectivity index (χ3v) is 3.49. The average Bonchev–Trinajstić information content (AvgIpc) is 2.26. The number of halogens is 4. The quantitative estimate of drug-likeness (QED) is 0.375. The van der Waals surface area contributed by atoms with E-state index in [0.29, 0.717) is 0 Å². The maximum absolute atomic E-state index is 12.3. The minimum Gasteiger partial charge on any atom is -0.357 e. The van der Waals surface area contributed by atoms with Crippen LogP contribution in [0.4, 0.5) is 13.2 Å². The Morgan fingerprint density at radius 1 is 1.18 bits per heavy atom. The molecule has 17 heavy (non-hydrogen) atoms. The van der Waals surface area contributed by atoms with Gasteiger partial charge in [0, 0.05) is 5.56 Å². The summed E-state index contributed by atoms with van der Waals surface area (Å²) in [6, 6.07) is 7.15. The molecule has 7 heteroatoms.